The third-order valence-corrected chi connectivity index (χ3v) is 1.66. The second kappa shape index (κ2) is 7.50. The molecule has 13 heavy (non-hydrogen) atoms. The number of isocyanates is 1. The SMILES string of the molecule is CCCCCC(N=C=O)NC(C)=O. The summed E-state index contributed by atoms with van der Waals surface area (Å²) >= 11 is 0. The van der Waals surface area contributed by atoms with Crippen LogP contribution >= 0.6 is 0 Å². The number of aliphatic imine (C=N–C) groups is 1. The van der Waals surface area contributed by atoms with Crippen molar-refractivity contribution in [1.29, 1.82) is 0 Å². The van der Waals surface area contributed by atoms with Crippen LogP contribution in [-0.4, -0.2) is 18.2 Å². The Hall–Kier alpha value is -1.15. The van der Waals surface area contributed by atoms with Crippen LogP contribution in [0.5, 0.6) is 0 Å². The smallest absolute Gasteiger partial charge is 0.237 e. The third-order valence-electron chi connectivity index (χ3n) is 1.66. The minimum Gasteiger partial charge on any atom is -0.334 e. The Morgan fingerprint density at radius 3 is 2.69 bits per heavy atom. The molecule has 0 aliphatic carbocycles. The first-order valence-corrected chi connectivity index (χ1v) is 4.54. The maximum absolute atomic E-state index is 10.7. The van der Waals surface area contributed by atoms with E-state index < -0.39 is 0 Å². The summed E-state index contributed by atoms with van der Waals surface area (Å²) in [5, 5.41) is 2.57. The molecule has 0 aromatic rings. The highest BCUT2D eigenvalue weighted by Gasteiger charge is 2.06. The van der Waals surface area contributed by atoms with Gasteiger partial charge in [0.2, 0.25) is 12.0 Å². The number of carbonyl (C=O) groups excluding carboxylic acids is 2. The average Bonchev–Trinajstić information content (AvgIpc) is 2.04. The van der Waals surface area contributed by atoms with Crippen LogP contribution in [0.1, 0.15) is 39.5 Å². The molecular weight excluding hydrogens is 168 g/mol. The van der Waals surface area contributed by atoms with E-state index in [0.717, 1.165) is 19.3 Å². The molecule has 0 fully saturated rings. The predicted molar refractivity (Wildman–Crippen MR) is 49.9 cm³/mol. The molecule has 0 rings (SSSR count). The Morgan fingerprint density at radius 1 is 1.54 bits per heavy atom. The molecule has 0 saturated heterocycles. The number of hydrogen-bond donors (Lipinski definition) is 1. The summed E-state index contributed by atoms with van der Waals surface area (Å²) in [5.74, 6) is -0.166. The molecule has 4 nitrogen and oxygen atoms in total. The molecule has 0 saturated carbocycles. The number of nitrogens with zero attached hydrogens (tertiary/aromatic N) is 1. The van der Waals surface area contributed by atoms with Gasteiger partial charge in [0.15, 0.2) is 0 Å². The van der Waals surface area contributed by atoms with E-state index in [1.54, 1.807) is 0 Å². The van der Waals surface area contributed by atoms with Crippen LogP contribution in [0.2, 0.25) is 0 Å². The van der Waals surface area contributed by atoms with E-state index in [1.807, 2.05) is 0 Å². The summed E-state index contributed by atoms with van der Waals surface area (Å²) in [6.07, 6.45) is 4.95. The number of amides is 1. The zero-order valence-electron chi connectivity index (χ0n) is 8.17. The largest absolute Gasteiger partial charge is 0.334 e. The van der Waals surface area contributed by atoms with Gasteiger partial charge in [-0.2, -0.15) is 4.99 Å². The van der Waals surface area contributed by atoms with Crippen LogP contribution in [0.15, 0.2) is 4.99 Å². The highest BCUT2D eigenvalue weighted by Crippen LogP contribution is 2.03. The van der Waals surface area contributed by atoms with Crippen LogP contribution in [0.25, 0.3) is 0 Å². The molecule has 74 valence electrons. The lowest BCUT2D eigenvalue weighted by molar-refractivity contribution is -0.119. The minimum absolute atomic E-state index is 0.166. The summed E-state index contributed by atoms with van der Waals surface area (Å²) in [5.41, 5.74) is 0. The molecule has 4 heteroatoms. The fraction of sp³-hybridized carbons (Fsp3) is 0.778. The van der Waals surface area contributed by atoms with Gasteiger partial charge in [-0.3, -0.25) is 4.79 Å². The fourth-order valence-electron chi connectivity index (χ4n) is 1.05. The molecule has 1 unspecified atom stereocenters. The Balaban J connectivity index is 3.80. The maximum Gasteiger partial charge on any atom is 0.237 e. The van der Waals surface area contributed by atoms with Crippen LogP contribution in [0.4, 0.5) is 0 Å². The van der Waals surface area contributed by atoms with E-state index in [0.29, 0.717) is 6.42 Å². The molecular formula is C9H16N2O2. The summed E-state index contributed by atoms with van der Waals surface area (Å²) < 4.78 is 0. The van der Waals surface area contributed by atoms with Gasteiger partial charge in [-0.1, -0.05) is 19.8 Å². The van der Waals surface area contributed by atoms with Gasteiger partial charge in [0, 0.05) is 6.92 Å². The van der Waals surface area contributed by atoms with Crippen LogP contribution in [0, 0.1) is 0 Å². The second-order valence-corrected chi connectivity index (χ2v) is 2.93. The Kier molecular flexibility index (Phi) is 6.83. The number of rotatable bonds is 6. The maximum atomic E-state index is 10.7. The van der Waals surface area contributed by atoms with Crippen molar-refractivity contribution < 1.29 is 9.59 Å². The van der Waals surface area contributed by atoms with Gasteiger partial charge in [0.25, 0.3) is 0 Å². The van der Waals surface area contributed by atoms with Crippen LogP contribution < -0.4 is 5.32 Å². The molecule has 0 aliphatic heterocycles. The van der Waals surface area contributed by atoms with E-state index >= 15 is 0 Å². The lowest BCUT2D eigenvalue weighted by atomic mass is 10.2. The molecule has 1 N–H and O–H groups in total. The number of nitrogens with one attached hydrogen (secondary N) is 1. The third kappa shape index (κ3) is 7.22. The topological polar surface area (TPSA) is 58.5 Å². The standard InChI is InChI=1S/C9H16N2O2/c1-3-4-5-6-9(10-7-12)11-8(2)13/h9H,3-6H2,1-2H3,(H,11,13). The second-order valence-electron chi connectivity index (χ2n) is 2.93. The van der Waals surface area contributed by atoms with Crippen LogP contribution in [0.3, 0.4) is 0 Å². The van der Waals surface area contributed by atoms with Gasteiger partial charge < -0.3 is 5.32 Å². The Labute approximate surface area is 78.4 Å². The Bertz CT molecular complexity index is 198. The number of carbonyl (C=O) groups is 1. The Morgan fingerprint density at radius 2 is 2.23 bits per heavy atom. The van der Waals surface area contributed by atoms with Gasteiger partial charge in [-0.15, -0.1) is 0 Å². The van der Waals surface area contributed by atoms with Gasteiger partial charge in [0.05, 0.1) is 0 Å². The molecule has 0 aromatic heterocycles. The van der Waals surface area contributed by atoms with Gasteiger partial charge >= 0.3 is 0 Å². The molecule has 1 atom stereocenters. The monoisotopic (exact) mass is 184 g/mol. The normalized spacial score (nSPS) is 11.5. The zero-order valence-corrected chi connectivity index (χ0v) is 8.17. The first-order valence-electron chi connectivity index (χ1n) is 4.54. The van der Waals surface area contributed by atoms with Crippen LogP contribution in [-0.2, 0) is 9.59 Å². The zero-order chi connectivity index (χ0) is 10.1. The van der Waals surface area contributed by atoms with Gasteiger partial charge in [0.1, 0.15) is 6.17 Å². The highest BCUT2D eigenvalue weighted by atomic mass is 16.1. The van der Waals surface area contributed by atoms with E-state index in [9.17, 15) is 9.59 Å². The molecule has 0 spiro atoms. The van der Waals surface area contributed by atoms with Crippen molar-refractivity contribution in [2.24, 2.45) is 4.99 Å². The van der Waals surface area contributed by atoms with E-state index in [1.165, 1.54) is 13.0 Å². The number of hydrogen-bond acceptors (Lipinski definition) is 3. The lowest BCUT2D eigenvalue weighted by Gasteiger charge is -2.10. The molecule has 0 bridgehead atoms. The van der Waals surface area contributed by atoms with E-state index in [4.69, 9.17) is 0 Å². The van der Waals surface area contributed by atoms with Crippen molar-refractivity contribution in [2.45, 2.75) is 45.7 Å². The van der Waals surface area contributed by atoms with E-state index in [2.05, 4.69) is 17.2 Å². The van der Waals surface area contributed by atoms with E-state index in [-0.39, 0.29) is 12.1 Å². The summed E-state index contributed by atoms with van der Waals surface area (Å²) in [4.78, 5) is 24.1. The molecule has 0 aromatic carbocycles. The van der Waals surface area contributed by atoms with Crippen molar-refractivity contribution in [3.8, 4) is 0 Å². The van der Waals surface area contributed by atoms with Crippen molar-refractivity contribution in [1.82, 2.24) is 5.32 Å². The predicted octanol–water partition coefficient (Wildman–Crippen LogP) is 1.36. The minimum atomic E-state index is -0.387. The summed E-state index contributed by atoms with van der Waals surface area (Å²) in [6, 6.07) is 0. The molecule has 1 amide bonds. The fourth-order valence-corrected chi connectivity index (χ4v) is 1.05. The quantitative estimate of drug-likeness (QED) is 0.385. The van der Waals surface area contributed by atoms with Crippen molar-refractivity contribution in [3.05, 3.63) is 0 Å². The van der Waals surface area contributed by atoms with Gasteiger partial charge in [-0.05, 0) is 12.8 Å². The summed E-state index contributed by atoms with van der Waals surface area (Å²) in [6.45, 7) is 3.50. The first kappa shape index (κ1) is 11.8. The average molecular weight is 184 g/mol. The van der Waals surface area contributed by atoms with Crippen molar-refractivity contribution >= 4 is 12.0 Å². The molecule has 0 radical (unpaired) electrons. The molecule has 0 heterocycles. The van der Waals surface area contributed by atoms with Gasteiger partial charge in [-0.25, -0.2) is 4.79 Å². The molecule has 0 aliphatic rings. The number of unbranched alkanes of at least 4 members (excludes halogenated alkanes) is 2. The first-order chi connectivity index (χ1) is 6.20. The van der Waals surface area contributed by atoms with Crippen molar-refractivity contribution in [3.63, 3.8) is 0 Å². The highest BCUT2D eigenvalue weighted by molar-refractivity contribution is 5.73. The lowest BCUT2D eigenvalue weighted by Crippen LogP contribution is -2.31. The van der Waals surface area contributed by atoms with Crippen molar-refractivity contribution in [2.75, 3.05) is 0 Å². The summed E-state index contributed by atoms with van der Waals surface area (Å²) in [7, 11) is 0.